The van der Waals surface area contributed by atoms with Gasteiger partial charge in [-0.15, -0.1) is 11.3 Å². The van der Waals surface area contributed by atoms with Crippen molar-refractivity contribution in [3.63, 3.8) is 0 Å². The fourth-order valence-electron chi connectivity index (χ4n) is 8.88. The summed E-state index contributed by atoms with van der Waals surface area (Å²) in [5.41, 5.74) is 10.9. The molecule has 4 aromatic heterocycles. The van der Waals surface area contributed by atoms with E-state index in [0.29, 0.717) is 0 Å². The third kappa shape index (κ3) is 3.69. The minimum absolute atomic E-state index is 1.17. The van der Waals surface area contributed by atoms with Crippen LogP contribution in [0.25, 0.3) is 103 Å². The first-order valence-electron chi connectivity index (χ1n) is 17.8. The molecule has 0 aliphatic heterocycles. The predicted octanol–water partition coefficient (Wildman–Crippen LogP) is 13.3. The van der Waals surface area contributed by atoms with Crippen molar-refractivity contribution in [1.29, 1.82) is 0 Å². The predicted molar refractivity (Wildman–Crippen MR) is 222 cm³/mol. The lowest BCUT2D eigenvalue weighted by atomic mass is 10.1. The minimum atomic E-state index is 1.17. The smallest absolute Gasteiger partial charge is 0.0555 e. The number of para-hydroxylation sites is 5. The molecule has 12 rings (SSSR count). The monoisotopic (exact) mass is 679 g/mol. The van der Waals surface area contributed by atoms with Gasteiger partial charge in [-0.3, -0.25) is 0 Å². The van der Waals surface area contributed by atoms with Crippen LogP contribution < -0.4 is 0 Å². The van der Waals surface area contributed by atoms with Gasteiger partial charge in [0.1, 0.15) is 0 Å². The summed E-state index contributed by atoms with van der Waals surface area (Å²) in [4.78, 5) is 0. The van der Waals surface area contributed by atoms with Crippen LogP contribution in [0.5, 0.6) is 0 Å². The average molecular weight is 680 g/mol. The zero-order valence-corrected chi connectivity index (χ0v) is 28.8. The third-order valence-electron chi connectivity index (χ3n) is 11.0. The number of hydrogen-bond donors (Lipinski definition) is 0. The average Bonchev–Trinajstić information content (AvgIpc) is 3.94. The fourth-order valence-corrected chi connectivity index (χ4v) is 10.3. The molecule has 0 unspecified atom stereocenters. The highest BCUT2D eigenvalue weighted by Gasteiger charge is 2.22. The minimum Gasteiger partial charge on any atom is -0.309 e. The second-order valence-corrected chi connectivity index (χ2v) is 14.7. The van der Waals surface area contributed by atoms with Gasteiger partial charge >= 0.3 is 0 Å². The Morgan fingerprint density at radius 3 is 1.23 bits per heavy atom. The maximum atomic E-state index is 2.47. The summed E-state index contributed by atoms with van der Waals surface area (Å²) in [5, 5.41) is 10.4. The van der Waals surface area contributed by atoms with Gasteiger partial charge in [0.25, 0.3) is 0 Å². The second kappa shape index (κ2) is 10.5. The van der Waals surface area contributed by atoms with E-state index in [1.165, 1.54) is 103 Å². The summed E-state index contributed by atoms with van der Waals surface area (Å²) in [6, 6.07) is 64.3. The molecule has 0 aliphatic carbocycles. The van der Waals surface area contributed by atoms with Gasteiger partial charge in [0, 0.05) is 69.6 Å². The highest BCUT2D eigenvalue weighted by atomic mass is 32.1. The van der Waals surface area contributed by atoms with Crippen LogP contribution in [0.3, 0.4) is 0 Å². The number of nitrogens with zero attached hydrogens (tertiary/aromatic N) is 3. The van der Waals surface area contributed by atoms with Crippen molar-refractivity contribution in [2.75, 3.05) is 0 Å². The molecule has 0 saturated carbocycles. The van der Waals surface area contributed by atoms with Crippen LogP contribution in [0.4, 0.5) is 0 Å². The zero-order chi connectivity index (χ0) is 33.9. The standard InChI is InChI=1S/C48H29N3S/c1-3-13-30(14-4-1)49-39-20-10-7-17-33(39)38-29-32(23-26-42(38)49)51-41-22-12-9-19-37(41)46-44(51)28-25-35-34-24-27-43-45(47(34)52-48(35)46)36-18-8-11-21-40(36)50(43)31-15-5-2-6-16-31/h1-29H. The number of aromatic nitrogens is 3. The number of benzene rings is 8. The summed E-state index contributed by atoms with van der Waals surface area (Å²) < 4.78 is 9.96. The molecule has 0 atom stereocenters. The van der Waals surface area contributed by atoms with E-state index in [4.69, 9.17) is 0 Å². The van der Waals surface area contributed by atoms with E-state index in [0.717, 1.165) is 0 Å². The van der Waals surface area contributed by atoms with E-state index in [-0.39, 0.29) is 0 Å². The summed E-state index contributed by atoms with van der Waals surface area (Å²) in [7, 11) is 0. The van der Waals surface area contributed by atoms with E-state index < -0.39 is 0 Å². The molecule has 12 aromatic rings. The molecule has 0 fully saturated rings. The Morgan fingerprint density at radius 2 is 0.673 bits per heavy atom. The Morgan fingerprint density at radius 1 is 0.269 bits per heavy atom. The molecule has 8 aromatic carbocycles. The van der Waals surface area contributed by atoms with Crippen molar-refractivity contribution in [3.8, 4) is 17.1 Å². The van der Waals surface area contributed by atoms with Gasteiger partial charge in [-0.25, -0.2) is 0 Å². The molecular weight excluding hydrogens is 651 g/mol. The first kappa shape index (κ1) is 28.1. The summed E-state index contributed by atoms with van der Waals surface area (Å²) in [6.07, 6.45) is 0. The van der Waals surface area contributed by atoms with Crippen molar-refractivity contribution in [1.82, 2.24) is 13.7 Å². The normalized spacial score (nSPS) is 12.2. The molecule has 52 heavy (non-hydrogen) atoms. The molecular formula is C48H29N3S. The number of thiophene rings is 1. The topological polar surface area (TPSA) is 14.8 Å². The number of rotatable bonds is 3. The number of hydrogen-bond acceptors (Lipinski definition) is 1. The lowest BCUT2D eigenvalue weighted by molar-refractivity contribution is 1.17. The van der Waals surface area contributed by atoms with Gasteiger partial charge in [0.2, 0.25) is 0 Å². The van der Waals surface area contributed by atoms with Crippen LogP contribution in [-0.4, -0.2) is 13.7 Å². The van der Waals surface area contributed by atoms with E-state index in [2.05, 4.69) is 190 Å². The van der Waals surface area contributed by atoms with Gasteiger partial charge in [0.15, 0.2) is 0 Å². The Kier molecular flexibility index (Phi) is 5.65. The molecule has 4 heterocycles. The van der Waals surface area contributed by atoms with Crippen LogP contribution in [0.1, 0.15) is 0 Å². The Balaban J connectivity index is 1.16. The van der Waals surface area contributed by atoms with Gasteiger partial charge in [-0.1, -0.05) is 103 Å². The van der Waals surface area contributed by atoms with Gasteiger partial charge < -0.3 is 13.7 Å². The van der Waals surface area contributed by atoms with Crippen molar-refractivity contribution in [2.24, 2.45) is 0 Å². The highest BCUT2D eigenvalue weighted by Crippen LogP contribution is 2.47. The summed E-state index contributed by atoms with van der Waals surface area (Å²) in [5.74, 6) is 0. The highest BCUT2D eigenvalue weighted by molar-refractivity contribution is 7.27. The molecule has 0 N–H and O–H groups in total. The van der Waals surface area contributed by atoms with Crippen LogP contribution >= 0.6 is 11.3 Å². The van der Waals surface area contributed by atoms with E-state index in [9.17, 15) is 0 Å². The summed E-state index contributed by atoms with van der Waals surface area (Å²) in [6.45, 7) is 0. The Bertz CT molecular complexity index is 3390. The second-order valence-electron chi connectivity index (χ2n) is 13.7. The van der Waals surface area contributed by atoms with E-state index in [1.54, 1.807) is 0 Å². The van der Waals surface area contributed by atoms with Crippen LogP contribution in [0, 0.1) is 0 Å². The maximum Gasteiger partial charge on any atom is 0.0555 e. The van der Waals surface area contributed by atoms with Crippen molar-refractivity contribution >= 4 is 96.9 Å². The van der Waals surface area contributed by atoms with E-state index in [1.807, 2.05) is 11.3 Å². The van der Waals surface area contributed by atoms with Crippen LogP contribution in [0.15, 0.2) is 176 Å². The summed E-state index contributed by atoms with van der Waals surface area (Å²) >= 11 is 1.94. The van der Waals surface area contributed by atoms with Gasteiger partial charge in [0.05, 0.1) is 33.1 Å². The molecule has 3 nitrogen and oxygen atoms in total. The molecule has 0 bridgehead atoms. The van der Waals surface area contributed by atoms with Crippen LogP contribution in [0.2, 0.25) is 0 Å². The van der Waals surface area contributed by atoms with Gasteiger partial charge in [-0.05, 0) is 72.8 Å². The molecule has 0 radical (unpaired) electrons. The maximum absolute atomic E-state index is 2.47. The molecule has 0 aliphatic rings. The van der Waals surface area contributed by atoms with E-state index >= 15 is 0 Å². The SMILES string of the molecule is c1ccc(-n2c3ccccc3c3cc(-n4c5ccccc5c5c6sc7c(ccc8c7c7ccccc7n8-c7ccccc7)c6ccc54)ccc32)cc1. The molecule has 0 amide bonds. The third-order valence-corrected chi connectivity index (χ3v) is 12.3. The number of fused-ring (bicyclic) bond motifs is 14. The zero-order valence-electron chi connectivity index (χ0n) is 28.0. The van der Waals surface area contributed by atoms with Crippen molar-refractivity contribution in [3.05, 3.63) is 176 Å². The molecule has 242 valence electrons. The van der Waals surface area contributed by atoms with Crippen molar-refractivity contribution < 1.29 is 0 Å². The Labute approximate surface area is 302 Å². The lowest BCUT2D eigenvalue weighted by Crippen LogP contribution is -1.95. The van der Waals surface area contributed by atoms with Crippen molar-refractivity contribution in [2.45, 2.75) is 0 Å². The first-order chi connectivity index (χ1) is 25.8. The lowest BCUT2D eigenvalue weighted by Gasteiger charge is -2.10. The molecule has 4 heteroatoms. The first-order valence-corrected chi connectivity index (χ1v) is 18.6. The quantitative estimate of drug-likeness (QED) is 0.177. The fraction of sp³-hybridized carbons (Fsp3) is 0. The Hall–Kier alpha value is -6.62. The largest absolute Gasteiger partial charge is 0.309 e. The molecule has 0 saturated heterocycles. The van der Waals surface area contributed by atoms with Crippen LogP contribution in [-0.2, 0) is 0 Å². The molecule has 0 spiro atoms. The van der Waals surface area contributed by atoms with Gasteiger partial charge in [-0.2, -0.15) is 0 Å².